The number of fused-ring (bicyclic) bond motifs is 6. The summed E-state index contributed by atoms with van der Waals surface area (Å²) < 4.78 is 6.58. The molecule has 0 amide bonds. The van der Waals surface area contributed by atoms with E-state index in [9.17, 15) is 0 Å². The zero-order valence-corrected chi connectivity index (χ0v) is 35.5. The average Bonchev–Trinajstić information content (AvgIpc) is 3.86. The number of hydrogen-bond acceptors (Lipinski definition) is 4. The number of benzene rings is 9. The van der Waals surface area contributed by atoms with Gasteiger partial charge in [0.15, 0.2) is 17.5 Å². The first-order valence-electron chi connectivity index (χ1n) is 21.8. The van der Waals surface area contributed by atoms with Gasteiger partial charge in [-0.1, -0.05) is 196 Å². The second-order valence-corrected chi connectivity index (χ2v) is 17.2. The molecule has 0 radical (unpaired) electrons. The topological polar surface area (TPSA) is 51.8 Å². The smallest absolute Gasteiger partial charge is 0.164 e. The molecule has 11 aromatic rings. The molecule has 2 heterocycles. The van der Waals surface area contributed by atoms with Crippen LogP contribution >= 0.6 is 0 Å². The molecule has 0 saturated heterocycles. The van der Waals surface area contributed by atoms with Crippen LogP contribution in [0, 0.1) is 0 Å². The summed E-state index contributed by atoms with van der Waals surface area (Å²) in [5, 5.41) is 1.97. The molecule has 9 aromatic carbocycles. The first-order valence-corrected chi connectivity index (χ1v) is 21.8. The highest BCUT2D eigenvalue weighted by molar-refractivity contribution is 6.13. The predicted octanol–water partition coefficient (Wildman–Crippen LogP) is 15.7. The number of rotatable bonds is 7. The Morgan fingerprint density at radius 3 is 1.59 bits per heavy atom. The summed E-state index contributed by atoms with van der Waals surface area (Å²) >= 11 is 0. The summed E-state index contributed by atoms with van der Waals surface area (Å²) in [6, 6.07) is 74.9. The summed E-state index contributed by atoms with van der Waals surface area (Å²) in [5.74, 6) is 1.79. The Bertz CT molecular complexity index is 3570. The second-order valence-electron chi connectivity index (χ2n) is 17.2. The zero-order valence-electron chi connectivity index (χ0n) is 35.5. The highest BCUT2D eigenvalue weighted by Crippen LogP contribution is 2.52. The van der Waals surface area contributed by atoms with Gasteiger partial charge in [-0.15, -0.1) is 0 Å². The predicted molar refractivity (Wildman–Crippen MR) is 263 cm³/mol. The number of hydrogen-bond donors (Lipinski definition) is 0. The molecule has 2 aromatic heterocycles. The van der Waals surface area contributed by atoms with Crippen LogP contribution in [0.25, 0.3) is 112 Å². The van der Waals surface area contributed by atoms with Crippen LogP contribution in [0.3, 0.4) is 0 Å². The molecule has 12 rings (SSSR count). The molecule has 64 heavy (non-hydrogen) atoms. The fourth-order valence-electron chi connectivity index (χ4n) is 9.72. The van der Waals surface area contributed by atoms with E-state index in [2.05, 4.69) is 202 Å². The third-order valence-corrected chi connectivity index (χ3v) is 13.0. The highest BCUT2D eigenvalue weighted by atomic mass is 16.3. The third-order valence-electron chi connectivity index (χ3n) is 13.0. The van der Waals surface area contributed by atoms with E-state index in [1.165, 1.54) is 33.4 Å². The van der Waals surface area contributed by atoms with E-state index >= 15 is 0 Å². The zero-order chi connectivity index (χ0) is 42.8. The van der Waals surface area contributed by atoms with Crippen molar-refractivity contribution in [3.05, 3.63) is 223 Å². The number of furan rings is 1. The van der Waals surface area contributed by atoms with E-state index in [-0.39, 0.29) is 5.41 Å². The molecule has 1 aliphatic rings. The van der Waals surface area contributed by atoms with Gasteiger partial charge in [-0.3, -0.25) is 0 Å². The Morgan fingerprint density at radius 2 is 0.812 bits per heavy atom. The van der Waals surface area contributed by atoms with Crippen LogP contribution in [0.1, 0.15) is 25.0 Å². The lowest BCUT2D eigenvalue weighted by atomic mass is 9.82. The number of aromatic nitrogens is 3. The fraction of sp³-hybridized carbons (Fsp3) is 0.0500. The van der Waals surface area contributed by atoms with Crippen molar-refractivity contribution < 1.29 is 4.42 Å². The molecule has 302 valence electrons. The molecular formula is C60H41N3O. The average molecular weight is 820 g/mol. The molecule has 0 unspecified atom stereocenters. The standard InChI is InChI=1S/C60H41N3O/c1-60(2)51-26-10-9-23-48(51)55-47(24-13-27-52(55)60)45-21-11-20-43(35-45)44-33-34-53-50(37-44)56-49(25-14-28-54(56)64-53)59-62-57(41-31-29-40(30-32-41)38-15-5-3-6-16-38)61-58(63-59)46-22-12-19-42(36-46)39-17-7-4-8-18-39/h3-37H,1-2H3. The van der Waals surface area contributed by atoms with E-state index in [4.69, 9.17) is 19.4 Å². The minimum atomic E-state index is -0.0656. The Kier molecular flexibility index (Phi) is 8.80. The Labute approximate surface area is 372 Å². The molecule has 4 nitrogen and oxygen atoms in total. The minimum Gasteiger partial charge on any atom is -0.456 e. The van der Waals surface area contributed by atoms with Crippen LogP contribution in [0.4, 0.5) is 0 Å². The molecule has 0 N–H and O–H groups in total. The lowest BCUT2D eigenvalue weighted by molar-refractivity contribution is 0.660. The van der Waals surface area contributed by atoms with Crippen molar-refractivity contribution in [2.45, 2.75) is 19.3 Å². The van der Waals surface area contributed by atoms with Crippen molar-refractivity contribution >= 4 is 21.9 Å². The molecule has 0 aliphatic heterocycles. The largest absolute Gasteiger partial charge is 0.456 e. The van der Waals surface area contributed by atoms with Gasteiger partial charge in [-0.2, -0.15) is 0 Å². The minimum absolute atomic E-state index is 0.0656. The SMILES string of the molecule is CC1(C)c2ccccc2-c2c(-c3cccc(-c4ccc5oc6cccc(-c7nc(-c8ccc(-c9ccccc9)cc8)nc(-c8cccc(-c9ccccc9)c8)n7)c6c5c4)c3)cccc21. The Balaban J connectivity index is 0.994. The Morgan fingerprint density at radius 1 is 0.328 bits per heavy atom. The van der Waals surface area contributed by atoms with Crippen LogP contribution < -0.4 is 0 Å². The second kappa shape index (κ2) is 15.0. The summed E-state index contributed by atoms with van der Waals surface area (Å²) in [5.41, 5.74) is 18.8. The van der Waals surface area contributed by atoms with E-state index in [1.54, 1.807) is 0 Å². The molecule has 4 heteroatoms. The molecule has 0 saturated carbocycles. The maximum atomic E-state index is 6.58. The third kappa shape index (κ3) is 6.34. The summed E-state index contributed by atoms with van der Waals surface area (Å²) in [4.78, 5) is 15.6. The highest BCUT2D eigenvalue weighted by Gasteiger charge is 2.36. The van der Waals surface area contributed by atoms with E-state index < -0.39 is 0 Å². The summed E-state index contributed by atoms with van der Waals surface area (Å²) in [7, 11) is 0. The first kappa shape index (κ1) is 37.5. The fourth-order valence-corrected chi connectivity index (χ4v) is 9.72. The van der Waals surface area contributed by atoms with Crippen molar-refractivity contribution in [1.82, 2.24) is 15.0 Å². The van der Waals surface area contributed by atoms with Gasteiger partial charge >= 0.3 is 0 Å². The van der Waals surface area contributed by atoms with E-state index in [1.807, 2.05) is 24.3 Å². The monoisotopic (exact) mass is 819 g/mol. The van der Waals surface area contributed by atoms with Gasteiger partial charge in [0.25, 0.3) is 0 Å². The number of nitrogens with zero attached hydrogens (tertiary/aromatic N) is 3. The van der Waals surface area contributed by atoms with Crippen molar-refractivity contribution in [2.75, 3.05) is 0 Å². The van der Waals surface area contributed by atoms with Gasteiger partial charge in [-0.25, -0.2) is 15.0 Å². The molecule has 0 atom stereocenters. The molecule has 1 aliphatic carbocycles. The molecule has 0 spiro atoms. The molecular weight excluding hydrogens is 779 g/mol. The van der Waals surface area contributed by atoms with Crippen LogP contribution in [0.2, 0.25) is 0 Å². The lowest BCUT2D eigenvalue weighted by Crippen LogP contribution is -2.14. The van der Waals surface area contributed by atoms with E-state index in [0.29, 0.717) is 17.5 Å². The van der Waals surface area contributed by atoms with Gasteiger partial charge < -0.3 is 4.42 Å². The van der Waals surface area contributed by atoms with Crippen molar-refractivity contribution in [3.8, 4) is 89.8 Å². The van der Waals surface area contributed by atoms with Gasteiger partial charge in [0, 0.05) is 32.9 Å². The lowest BCUT2D eigenvalue weighted by Gasteiger charge is -2.21. The van der Waals surface area contributed by atoms with E-state index in [0.717, 1.165) is 72.0 Å². The van der Waals surface area contributed by atoms with Crippen LogP contribution in [-0.4, -0.2) is 15.0 Å². The Hall–Kier alpha value is -8.21. The molecule has 0 bridgehead atoms. The van der Waals surface area contributed by atoms with Crippen LogP contribution in [0.5, 0.6) is 0 Å². The first-order chi connectivity index (χ1) is 31.5. The molecule has 0 fully saturated rings. The van der Waals surface area contributed by atoms with Crippen molar-refractivity contribution in [3.63, 3.8) is 0 Å². The quantitative estimate of drug-likeness (QED) is 0.161. The van der Waals surface area contributed by atoms with Crippen molar-refractivity contribution in [2.24, 2.45) is 0 Å². The van der Waals surface area contributed by atoms with Gasteiger partial charge in [-0.05, 0) is 97.1 Å². The van der Waals surface area contributed by atoms with Gasteiger partial charge in [0.1, 0.15) is 11.2 Å². The van der Waals surface area contributed by atoms with Crippen molar-refractivity contribution in [1.29, 1.82) is 0 Å². The normalized spacial score (nSPS) is 12.7. The maximum absolute atomic E-state index is 6.58. The maximum Gasteiger partial charge on any atom is 0.164 e. The van der Waals surface area contributed by atoms with Crippen LogP contribution in [-0.2, 0) is 5.41 Å². The van der Waals surface area contributed by atoms with Gasteiger partial charge in [0.2, 0.25) is 0 Å². The summed E-state index contributed by atoms with van der Waals surface area (Å²) in [6.45, 7) is 4.67. The van der Waals surface area contributed by atoms with Crippen LogP contribution in [0.15, 0.2) is 217 Å². The van der Waals surface area contributed by atoms with Gasteiger partial charge in [0.05, 0.1) is 0 Å². The summed E-state index contributed by atoms with van der Waals surface area (Å²) in [6.07, 6.45) is 0.